The summed E-state index contributed by atoms with van der Waals surface area (Å²) in [5.74, 6) is -1.79. The summed E-state index contributed by atoms with van der Waals surface area (Å²) in [6.07, 6.45) is 0. The van der Waals surface area contributed by atoms with Gasteiger partial charge in [-0.3, -0.25) is 9.59 Å². The summed E-state index contributed by atoms with van der Waals surface area (Å²) in [4.78, 5) is 34.0. The fourth-order valence-corrected chi connectivity index (χ4v) is 0.987. The zero-order chi connectivity index (χ0) is 12.9. The van der Waals surface area contributed by atoms with Crippen molar-refractivity contribution in [1.29, 1.82) is 0 Å². The molecule has 1 atom stereocenters. The smallest absolute Gasteiger partial charge is 0.325 e. The highest BCUT2D eigenvalue weighted by Crippen LogP contribution is 1.99. The topological polar surface area (TPSA) is 113 Å². The number of aliphatic carboxylic acids is 1. The number of carboxylic acids is 1. The van der Waals surface area contributed by atoms with Crippen LogP contribution in [0, 0.1) is 0 Å². The molecular formula is C9H17N3O4. The van der Waals surface area contributed by atoms with E-state index in [-0.39, 0.29) is 12.6 Å². The minimum atomic E-state index is -1.14. The Bertz CT molecular complexity index is 290. The van der Waals surface area contributed by atoms with Gasteiger partial charge in [0.05, 0.1) is 0 Å². The summed E-state index contributed by atoms with van der Waals surface area (Å²) < 4.78 is 0. The molecule has 0 unspecified atom stereocenters. The number of nitrogens with zero attached hydrogens (tertiary/aromatic N) is 1. The molecule has 3 amide bonds. The van der Waals surface area contributed by atoms with Crippen LogP contribution in [0.15, 0.2) is 0 Å². The van der Waals surface area contributed by atoms with Gasteiger partial charge in [0.15, 0.2) is 0 Å². The monoisotopic (exact) mass is 231 g/mol. The molecule has 0 aliphatic carbocycles. The number of urea groups is 1. The SMILES string of the molecule is CC(C)N(CC(N)=O)C(=O)N[C@H](C)C(=O)O. The van der Waals surface area contributed by atoms with Gasteiger partial charge in [0.25, 0.3) is 0 Å². The van der Waals surface area contributed by atoms with E-state index in [4.69, 9.17) is 10.8 Å². The van der Waals surface area contributed by atoms with Crippen molar-refractivity contribution in [2.45, 2.75) is 32.9 Å². The lowest BCUT2D eigenvalue weighted by atomic mass is 10.3. The molecule has 7 nitrogen and oxygen atoms in total. The van der Waals surface area contributed by atoms with Gasteiger partial charge < -0.3 is 21.1 Å². The summed E-state index contributed by atoms with van der Waals surface area (Å²) in [5.41, 5.74) is 4.98. The number of carbonyl (C=O) groups excluding carboxylic acids is 2. The highest BCUT2D eigenvalue weighted by atomic mass is 16.4. The van der Waals surface area contributed by atoms with Crippen molar-refractivity contribution < 1.29 is 19.5 Å². The van der Waals surface area contributed by atoms with E-state index in [9.17, 15) is 14.4 Å². The van der Waals surface area contributed by atoms with Crippen molar-refractivity contribution in [1.82, 2.24) is 10.2 Å². The Morgan fingerprint density at radius 3 is 2.12 bits per heavy atom. The van der Waals surface area contributed by atoms with E-state index in [0.29, 0.717) is 0 Å². The Morgan fingerprint density at radius 2 is 1.81 bits per heavy atom. The molecular weight excluding hydrogens is 214 g/mol. The quantitative estimate of drug-likeness (QED) is 0.584. The highest BCUT2D eigenvalue weighted by Gasteiger charge is 2.22. The Morgan fingerprint density at radius 1 is 1.31 bits per heavy atom. The van der Waals surface area contributed by atoms with Gasteiger partial charge in [0.1, 0.15) is 12.6 Å². The lowest BCUT2D eigenvalue weighted by Crippen LogP contribution is -2.51. The molecule has 0 bridgehead atoms. The van der Waals surface area contributed by atoms with Crippen molar-refractivity contribution in [3.8, 4) is 0 Å². The predicted molar refractivity (Wildman–Crippen MR) is 56.7 cm³/mol. The predicted octanol–water partition coefficient (Wildman–Crippen LogP) is -0.635. The first kappa shape index (κ1) is 14.2. The van der Waals surface area contributed by atoms with Crippen LogP contribution in [0.1, 0.15) is 20.8 Å². The summed E-state index contributed by atoms with van der Waals surface area (Å²) in [6.45, 7) is 4.50. The zero-order valence-corrected chi connectivity index (χ0v) is 9.56. The van der Waals surface area contributed by atoms with E-state index in [0.717, 1.165) is 0 Å². The molecule has 16 heavy (non-hydrogen) atoms. The number of primary amides is 1. The van der Waals surface area contributed by atoms with Crippen LogP contribution in [-0.2, 0) is 9.59 Å². The maximum atomic E-state index is 11.6. The number of hydrogen-bond donors (Lipinski definition) is 3. The van der Waals surface area contributed by atoms with Crippen LogP contribution >= 0.6 is 0 Å². The Hall–Kier alpha value is -1.79. The van der Waals surface area contributed by atoms with Gasteiger partial charge in [0, 0.05) is 6.04 Å². The second kappa shape index (κ2) is 5.94. The molecule has 0 saturated carbocycles. The summed E-state index contributed by atoms with van der Waals surface area (Å²) in [5, 5.41) is 10.9. The van der Waals surface area contributed by atoms with Crippen LogP contribution < -0.4 is 11.1 Å². The molecule has 0 aliphatic rings. The van der Waals surface area contributed by atoms with E-state index in [1.54, 1.807) is 13.8 Å². The molecule has 0 aromatic heterocycles. The Balaban J connectivity index is 4.50. The third kappa shape index (κ3) is 4.63. The van der Waals surface area contributed by atoms with Gasteiger partial charge in [-0.1, -0.05) is 0 Å². The zero-order valence-electron chi connectivity index (χ0n) is 9.56. The third-order valence-electron chi connectivity index (χ3n) is 1.92. The minimum Gasteiger partial charge on any atom is -0.480 e. The molecule has 0 radical (unpaired) electrons. The van der Waals surface area contributed by atoms with Crippen LogP contribution in [0.25, 0.3) is 0 Å². The number of carbonyl (C=O) groups is 3. The van der Waals surface area contributed by atoms with Crippen molar-refractivity contribution in [2.24, 2.45) is 5.73 Å². The van der Waals surface area contributed by atoms with Gasteiger partial charge in [0.2, 0.25) is 5.91 Å². The van der Waals surface area contributed by atoms with Gasteiger partial charge in [-0.15, -0.1) is 0 Å². The molecule has 92 valence electrons. The largest absolute Gasteiger partial charge is 0.480 e. The van der Waals surface area contributed by atoms with Gasteiger partial charge in [-0.05, 0) is 20.8 Å². The van der Waals surface area contributed by atoms with Crippen molar-refractivity contribution in [3.63, 3.8) is 0 Å². The molecule has 4 N–H and O–H groups in total. The molecule has 0 aromatic carbocycles. The number of amides is 3. The van der Waals surface area contributed by atoms with Crippen LogP contribution in [-0.4, -0.2) is 46.5 Å². The maximum Gasteiger partial charge on any atom is 0.325 e. The molecule has 0 saturated heterocycles. The molecule has 0 fully saturated rings. The van der Waals surface area contributed by atoms with Crippen molar-refractivity contribution in [3.05, 3.63) is 0 Å². The van der Waals surface area contributed by atoms with Gasteiger partial charge in [-0.25, -0.2) is 4.79 Å². The van der Waals surface area contributed by atoms with Crippen LogP contribution in [0.5, 0.6) is 0 Å². The first-order valence-corrected chi connectivity index (χ1v) is 4.84. The highest BCUT2D eigenvalue weighted by molar-refractivity contribution is 5.86. The molecule has 7 heteroatoms. The molecule has 0 rings (SSSR count). The second-order valence-electron chi connectivity index (χ2n) is 3.70. The average Bonchev–Trinajstić information content (AvgIpc) is 2.12. The van der Waals surface area contributed by atoms with Crippen LogP contribution in [0.3, 0.4) is 0 Å². The van der Waals surface area contributed by atoms with E-state index < -0.39 is 23.9 Å². The first-order chi connectivity index (χ1) is 7.25. The van der Waals surface area contributed by atoms with Crippen molar-refractivity contribution >= 4 is 17.9 Å². The fourth-order valence-electron chi connectivity index (χ4n) is 0.987. The van der Waals surface area contributed by atoms with E-state index in [1.807, 2.05) is 0 Å². The van der Waals surface area contributed by atoms with Gasteiger partial charge >= 0.3 is 12.0 Å². The third-order valence-corrected chi connectivity index (χ3v) is 1.92. The number of hydrogen-bond acceptors (Lipinski definition) is 3. The normalized spacial score (nSPS) is 12.0. The number of nitrogens with one attached hydrogen (secondary N) is 1. The number of carboxylic acid groups (broad SMARTS) is 1. The first-order valence-electron chi connectivity index (χ1n) is 4.84. The summed E-state index contributed by atoms with van der Waals surface area (Å²) in [6, 6.07) is -1.88. The summed E-state index contributed by atoms with van der Waals surface area (Å²) in [7, 11) is 0. The standard InChI is InChI=1S/C9H17N3O4/c1-5(2)12(4-7(10)13)9(16)11-6(3)8(14)15/h5-6H,4H2,1-3H3,(H2,10,13)(H,11,16)(H,14,15)/t6-/m1/s1. The molecule has 0 aliphatic heterocycles. The summed E-state index contributed by atoms with van der Waals surface area (Å²) >= 11 is 0. The van der Waals surface area contributed by atoms with Crippen LogP contribution in [0.4, 0.5) is 4.79 Å². The van der Waals surface area contributed by atoms with Crippen LogP contribution in [0.2, 0.25) is 0 Å². The maximum absolute atomic E-state index is 11.6. The average molecular weight is 231 g/mol. The molecule has 0 spiro atoms. The minimum absolute atomic E-state index is 0.240. The molecule has 0 aromatic rings. The van der Waals surface area contributed by atoms with Crippen molar-refractivity contribution in [2.75, 3.05) is 6.54 Å². The van der Waals surface area contributed by atoms with E-state index in [1.165, 1.54) is 11.8 Å². The molecule has 0 heterocycles. The van der Waals surface area contributed by atoms with Gasteiger partial charge in [-0.2, -0.15) is 0 Å². The van der Waals surface area contributed by atoms with E-state index in [2.05, 4.69) is 5.32 Å². The Labute approximate surface area is 93.6 Å². The van der Waals surface area contributed by atoms with E-state index >= 15 is 0 Å². The number of nitrogens with two attached hydrogens (primary N) is 1. The lowest BCUT2D eigenvalue weighted by molar-refractivity contribution is -0.138. The second-order valence-corrected chi connectivity index (χ2v) is 3.70. The number of rotatable bonds is 5. The lowest BCUT2D eigenvalue weighted by Gasteiger charge is -2.26. The Kier molecular flexibility index (Phi) is 5.27. The fraction of sp³-hybridized carbons (Fsp3) is 0.667.